The third-order valence-electron chi connectivity index (χ3n) is 4.34. The van der Waals surface area contributed by atoms with Crippen LogP contribution in [0.4, 0.5) is 11.4 Å². The fourth-order valence-electron chi connectivity index (χ4n) is 2.93. The number of phenols is 1. The smallest absolute Gasteiger partial charge is 0.339 e. The number of carboxylic acids is 1. The Morgan fingerprint density at radius 3 is 2.54 bits per heavy atom. The summed E-state index contributed by atoms with van der Waals surface area (Å²) in [5.41, 5.74) is 2.62. The number of amides is 2. The summed E-state index contributed by atoms with van der Waals surface area (Å²) in [4.78, 5) is 37.0. The zero-order valence-corrected chi connectivity index (χ0v) is 14.3. The number of hydrogen-bond acceptors (Lipinski definition) is 5. The molecule has 1 aliphatic rings. The van der Waals surface area contributed by atoms with Crippen LogP contribution in [0, 0.1) is 13.8 Å². The van der Waals surface area contributed by atoms with Crippen LogP contribution in [0.3, 0.4) is 0 Å². The molecule has 7 heteroatoms. The van der Waals surface area contributed by atoms with Gasteiger partial charge in [-0.25, -0.2) is 9.69 Å². The van der Waals surface area contributed by atoms with E-state index >= 15 is 0 Å². The van der Waals surface area contributed by atoms with Gasteiger partial charge in [0.25, 0.3) is 5.91 Å². The molecule has 0 aromatic heterocycles. The van der Waals surface area contributed by atoms with Crippen LogP contribution in [0.2, 0.25) is 0 Å². The fourth-order valence-corrected chi connectivity index (χ4v) is 2.93. The number of rotatable bonds is 4. The standard InChI is InChI=1S/C19H18N2O5/c1-10-3-4-11(2)14(7-10)20-15-9-17(23)21(18(15)24)12-5-6-13(19(25)26)16(22)8-12/h3-8,15,20,22H,9H2,1-2H3,(H,25,26). The number of imide groups is 1. The molecule has 1 unspecified atom stereocenters. The molecule has 7 nitrogen and oxygen atoms in total. The van der Waals surface area contributed by atoms with Gasteiger partial charge < -0.3 is 15.5 Å². The van der Waals surface area contributed by atoms with Gasteiger partial charge in [-0.15, -0.1) is 0 Å². The number of carbonyl (C=O) groups excluding carboxylic acids is 2. The van der Waals surface area contributed by atoms with Gasteiger partial charge in [0, 0.05) is 11.8 Å². The maximum absolute atomic E-state index is 12.7. The number of hydrogen-bond donors (Lipinski definition) is 3. The number of benzene rings is 2. The van der Waals surface area contributed by atoms with Gasteiger partial charge in [-0.3, -0.25) is 9.59 Å². The van der Waals surface area contributed by atoms with Gasteiger partial charge in [0.05, 0.1) is 12.1 Å². The lowest BCUT2D eigenvalue weighted by molar-refractivity contribution is -0.121. The van der Waals surface area contributed by atoms with Gasteiger partial charge in [0.2, 0.25) is 5.91 Å². The normalized spacial score (nSPS) is 16.8. The average Bonchev–Trinajstić information content (AvgIpc) is 2.84. The highest BCUT2D eigenvalue weighted by Gasteiger charge is 2.40. The lowest BCUT2D eigenvalue weighted by Crippen LogP contribution is -2.35. The van der Waals surface area contributed by atoms with E-state index in [1.165, 1.54) is 12.1 Å². The van der Waals surface area contributed by atoms with Crippen LogP contribution in [0.1, 0.15) is 27.9 Å². The van der Waals surface area contributed by atoms with Crippen molar-refractivity contribution in [2.45, 2.75) is 26.3 Å². The molecular weight excluding hydrogens is 336 g/mol. The second-order valence-electron chi connectivity index (χ2n) is 6.29. The molecule has 0 spiro atoms. The van der Waals surface area contributed by atoms with Crippen LogP contribution in [-0.4, -0.2) is 34.0 Å². The molecule has 2 amide bonds. The third kappa shape index (κ3) is 3.11. The van der Waals surface area contributed by atoms with E-state index in [1.54, 1.807) is 0 Å². The lowest BCUT2D eigenvalue weighted by Gasteiger charge is -2.18. The van der Waals surface area contributed by atoms with E-state index in [-0.39, 0.29) is 17.7 Å². The monoisotopic (exact) mass is 354 g/mol. The molecule has 1 atom stereocenters. The number of aryl methyl sites for hydroxylation is 2. The SMILES string of the molecule is Cc1ccc(C)c(NC2CC(=O)N(c3ccc(C(=O)O)c(O)c3)C2=O)c1. The van der Waals surface area contributed by atoms with Crippen molar-refractivity contribution in [2.75, 3.05) is 10.2 Å². The molecule has 0 aliphatic carbocycles. The van der Waals surface area contributed by atoms with Crippen molar-refractivity contribution in [3.05, 3.63) is 53.1 Å². The van der Waals surface area contributed by atoms with Crippen LogP contribution >= 0.6 is 0 Å². The van der Waals surface area contributed by atoms with Gasteiger partial charge in [-0.1, -0.05) is 12.1 Å². The van der Waals surface area contributed by atoms with E-state index in [0.717, 1.165) is 27.8 Å². The number of aromatic carboxylic acids is 1. The van der Waals surface area contributed by atoms with Crippen molar-refractivity contribution in [2.24, 2.45) is 0 Å². The predicted octanol–water partition coefficient (Wildman–Crippen LogP) is 2.45. The molecule has 26 heavy (non-hydrogen) atoms. The number of carboxylic acid groups (broad SMARTS) is 1. The molecule has 0 radical (unpaired) electrons. The van der Waals surface area contributed by atoms with Crippen LogP contribution in [0.15, 0.2) is 36.4 Å². The van der Waals surface area contributed by atoms with E-state index in [4.69, 9.17) is 5.11 Å². The lowest BCUT2D eigenvalue weighted by atomic mass is 10.1. The second-order valence-corrected chi connectivity index (χ2v) is 6.29. The minimum absolute atomic E-state index is 0.0202. The Balaban J connectivity index is 1.86. The molecule has 2 aromatic carbocycles. The number of anilines is 2. The second kappa shape index (κ2) is 6.51. The summed E-state index contributed by atoms with van der Waals surface area (Å²) in [5, 5.41) is 21.9. The maximum Gasteiger partial charge on any atom is 0.339 e. The first kappa shape index (κ1) is 17.5. The van der Waals surface area contributed by atoms with Gasteiger partial charge in [-0.2, -0.15) is 0 Å². The first-order valence-electron chi connectivity index (χ1n) is 8.05. The van der Waals surface area contributed by atoms with E-state index in [9.17, 15) is 19.5 Å². The van der Waals surface area contributed by atoms with Gasteiger partial charge >= 0.3 is 5.97 Å². The number of nitrogens with one attached hydrogen (secondary N) is 1. The highest BCUT2D eigenvalue weighted by molar-refractivity contribution is 6.23. The minimum Gasteiger partial charge on any atom is -0.507 e. The topological polar surface area (TPSA) is 107 Å². The maximum atomic E-state index is 12.7. The summed E-state index contributed by atoms with van der Waals surface area (Å²) in [7, 11) is 0. The summed E-state index contributed by atoms with van der Waals surface area (Å²) in [6.45, 7) is 3.84. The molecule has 2 aromatic rings. The summed E-state index contributed by atoms with van der Waals surface area (Å²) in [5.74, 6) is -2.65. The van der Waals surface area contributed by atoms with E-state index in [2.05, 4.69) is 5.32 Å². The zero-order chi connectivity index (χ0) is 19.0. The molecule has 1 aliphatic heterocycles. The van der Waals surface area contributed by atoms with E-state index < -0.39 is 29.6 Å². The fraction of sp³-hybridized carbons (Fsp3) is 0.211. The average molecular weight is 354 g/mol. The van der Waals surface area contributed by atoms with Crippen molar-refractivity contribution in [1.82, 2.24) is 0 Å². The highest BCUT2D eigenvalue weighted by Crippen LogP contribution is 2.30. The quantitative estimate of drug-likeness (QED) is 0.728. The Labute approximate surface area is 149 Å². The van der Waals surface area contributed by atoms with Crippen molar-refractivity contribution >= 4 is 29.2 Å². The highest BCUT2D eigenvalue weighted by atomic mass is 16.4. The van der Waals surface area contributed by atoms with Gasteiger partial charge in [-0.05, 0) is 43.2 Å². The van der Waals surface area contributed by atoms with Crippen molar-refractivity contribution in [3.63, 3.8) is 0 Å². The molecular formula is C19H18N2O5. The summed E-state index contributed by atoms with van der Waals surface area (Å²) >= 11 is 0. The van der Waals surface area contributed by atoms with Gasteiger partial charge in [0.1, 0.15) is 17.4 Å². The molecule has 3 N–H and O–H groups in total. The van der Waals surface area contributed by atoms with Crippen molar-refractivity contribution in [3.8, 4) is 5.75 Å². The number of carbonyl (C=O) groups is 3. The van der Waals surface area contributed by atoms with Crippen molar-refractivity contribution < 1.29 is 24.6 Å². The molecule has 0 saturated carbocycles. The Bertz CT molecular complexity index is 922. The third-order valence-corrected chi connectivity index (χ3v) is 4.34. The van der Waals surface area contributed by atoms with Crippen LogP contribution < -0.4 is 10.2 Å². The minimum atomic E-state index is -1.29. The molecule has 134 valence electrons. The number of nitrogens with zero attached hydrogens (tertiary/aromatic N) is 1. The Hall–Kier alpha value is -3.35. The number of aromatic hydroxyl groups is 1. The summed E-state index contributed by atoms with van der Waals surface area (Å²) in [6, 6.07) is 8.69. The van der Waals surface area contributed by atoms with Crippen LogP contribution in [0.25, 0.3) is 0 Å². The first-order chi connectivity index (χ1) is 12.3. The summed E-state index contributed by atoms with van der Waals surface area (Å²) in [6.07, 6.45) is -0.0202. The Kier molecular flexibility index (Phi) is 4.38. The molecule has 1 heterocycles. The first-order valence-corrected chi connectivity index (χ1v) is 8.05. The Morgan fingerprint density at radius 1 is 1.15 bits per heavy atom. The molecule has 1 saturated heterocycles. The zero-order valence-electron chi connectivity index (χ0n) is 14.3. The van der Waals surface area contributed by atoms with E-state index in [0.29, 0.717) is 0 Å². The Morgan fingerprint density at radius 2 is 1.88 bits per heavy atom. The predicted molar refractivity (Wildman–Crippen MR) is 95.5 cm³/mol. The van der Waals surface area contributed by atoms with Gasteiger partial charge in [0.15, 0.2) is 0 Å². The van der Waals surface area contributed by atoms with Crippen molar-refractivity contribution in [1.29, 1.82) is 0 Å². The van der Waals surface area contributed by atoms with Crippen LogP contribution in [0.5, 0.6) is 5.75 Å². The molecule has 3 rings (SSSR count). The van der Waals surface area contributed by atoms with Crippen LogP contribution in [-0.2, 0) is 9.59 Å². The van der Waals surface area contributed by atoms with E-state index in [1.807, 2.05) is 32.0 Å². The largest absolute Gasteiger partial charge is 0.507 e. The molecule has 0 bridgehead atoms. The summed E-state index contributed by atoms with van der Waals surface area (Å²) < 4.78 is 0. The molecule has 1 fully saturated rings.